The molecule has 0 bridgehead atoms. The van der Waals surface area contributed by atoms with E-state index >= 15 is 0 Å². The average molecular weight is 281 g/mol. The lowest BCUT2D eigenvalue weighted by Crippen LogP contribution is -2.51. The van der Waals surface area contributed by atoms with Crippen molar-refractivity contribution >= 4 is 5.97 Å². The van der Waals surface area contributed by atoms with Crippen LogP contribution in [0.25, 0.3) is 0 Å². The molecule has 0 amide bonds. The van der Waals surface area contributed by atoms with Crippen LogP contribution in [0.4, 0.5) is 0 Å². The lowest BCUT2D eigenvalue weighted by Gasteiger charge is -2.46. The maximum absolute atomic E-state index is 11.5. The molecule has 0 radical (unpaired) electrons. The lowest BCUT2D eigenvalue weighted by molar-refractivity contribution is -0.151. The minimum absolute atomic E-state index is 0.292. The van der Waals surface area contributed by atoms with Gasteiger partial charge in [0, 0.05) is 12.6 Å². The SMILES string of the molecule is CC1CCC(N2CCCC(C(C)(C)C(=O)O)C2)C(C)C1. The first kappa shape index (κ1) is 15.8. The quantitative estimate of drug-likeness (QED) is 0.858. The monoisotopic (exact) mass is 281 g/mol. The minimum atomic E-state index is -0.644. The standard InChI is InChI=1S/C17H31NO2/c1-12-7-8-15(13(2)10-12)18-9-5-6-14(11-18)17(3,4)16(19)20/h12-15H,5-11H2,1-4H3,(H,19,20). The molecule has 1 saturated heterocycles. The number of aliphatic carboxylic acids is 1. The van der Waals surface area contributed by atoms with Gasteiger partial charge in [-0.1, -0.05) is 13.8 Å². The topological polar surface area (TPSA) is 40.5 Å². The van der Waals surface area contributed by atoms with E-state index in [2.05, 4.69) is 18.7 Å². The van der Waals surface area contributed by atoms with Crippen molar-refractivity contribution in [3.8, 4) is 0 Å². The summed E-state index contributed by atoms with van der Waals surface area (Å²) in [7, 11) is 0. The van der Waals surface area contributed by atoms with Crippen LogP contribution in [0.15, 0.2) is 0 Å². The van der Waals surface area contributed by atoms with Crippen molar-refractivity contribution in [3.05, 3.63) is 0 Å². The third-order valence-corrected chi connectivity index (χ3v) is 5.88. The Kier molecular flexibility index (Phi) is 4.78. The highest BCUT2D eigenvalue weighted by atomic mass is 16.4. The van der Waals surface area contributed by atoms with Crippen LogP contribution >= 0.6 is 0 Å². The predicted octanol–water partition coefficient (Wildman–Crippen LogP) is 3.63. The fraction of sp³-hybridized carbons (Fsp3) is 0.941. The maximum Gasteiger partial charge on any atom is 0.309 e. The average Bonchev–Trinajstić information content (AvgIpc) is 2.38. The van der Waals surface area contributed by atoms with E-state index in [9.17, 15) is 9.90 Å². The van der Waals surface area contributed by atoms with Gasteiger partial charge in [0.15, 0.2) is 0 Å². The van der Waals surface area contributed by atoms with Crippen molar-refractivity contribution in [2.45, 2.75) is 65.8 Å². The Hall–Kier alpha value is -0.570. The van der Waals surface area contributed by atoms with Crippen LogP contribution in [-0.2, 0) is 4.79 Å². The Bertz CT molecular complexity index is 353. The number of hydrogen-bond donors (Lipinski definition) is 1. The molecular formula is C17H31NO2. The Balaban J connectivity index is 2.02. The summed E-state index contributed by atoms with van der Waals surface area (Å²) >= 11 is 0. The first-order valence-corrected chi connectivity index (χ1v) is 8.29. The number of carboxylic acid groups (broad SMARTS) is 1. The number of rotatable bonds is 3. The van der Waals surface area contributed by atoms with E-state index in [0.717, 1.165) is 37.8 Å². The van der Waals surface area contributed by atoms with Gasteiger partial charge in [-0.25, -0.2) is 0 Å². The van der Waals surface area contributed by atoms with Crippen LogP contribution in [0, 0.1) is 23.2 Å². The van der Waals surface area contributed by atoms with Gasteiger partial charge in [-0.15, -0.1) is 0 Å². The summed E-state index contributed by atoms with van der Waals surface area (Å²) < 4.78 is 0. The molecule has 2 aliphatic rings. The van der Waals surface area contributed by atoms with Crippen molar-refractivity contribution < 1.29 is 9.90 Å². The number of piperidine rings is 1. The summed E-state index contributed by atoms with van der Waals surface area (Å²) in [4.78, 5) is 14.1. The Labute approximate surface area is 123 Å². The Morgan fingerprint density at radius 2 is 1.90 bits per heavy atom. The zero-order chi connectivity index (χ0) is 14.9. The van der Waals surface area contributed by atoms with Crippen LogP contribution in [0.3, 0.4) is 0 Å². The van der Waals surface area contributed by atoms with Gasteiger partial charge in [-0.3, -0.25) is 9.69 Å². The molecule has 1 aliphatic heterocycles. The molecule has 0 aromatic rings. The van der Waals surface area contributed by atoms with E-state index in [-0.39, 0.29) is 0 Å². The number of likely N-dealkylation sites (tertiary alicyclic amines) is 1. The predicted molar refractivity (Wildman–Crippen MR) is 81.7 cm³/mol. The zero-order valence-electron chi connectivity index (χ0n) is 13.6. The molecule has 1 saturated carbocycles. The highest BCUT2D eigenvalue weighted by Gasteiger charge is 2.41. The van der Waals surface area contributed by atoms with Crippen LogP contribution in [0.1, 0.15) is 59.8 Å². The van der Waals surface area contributed by atoms with Gasteiger partial charge < -0.3 is 5.11 Å². The third-order valence-electron chi connectivity index (χ3n) is 5.88. The molecule has 3 nitrogen and oxygen atoms in total. The van der Waals surface area contributed by atoms with E-state index in [0.29, 0.717) is 12.0 Å². The molecule has 0 aromatic carbocycles. The molecule has 4 atom stereocenters. The van der Waals surface area contributed by atoms with Crippen molar-refractivity contribution in [1.82, 2.24) is 4.90 Å². The summed E-state index contributed by atoms with van der Waals surface area (Å²) in [6.45, 7) is 10.7. The number of carbonyl (C=O) groups is 1. The van der Waals surface area contributed by atoms with Crippen molar-refractivity contribution in [2.75, 3.05) is 13.1 Å². The van der Waals surface area contributed by atoms with Crippen molar-refractivity contribution in [1.29, 1.82) is 0 Å². The van der Waals surface area contributed by atoms with E-state index in [1.165, 1.54) is 19.3 Å². The fourth-order valence-corrected chi connectivity index (χ4v) is 4.26. The molecule has 1 aliphatic carbocycles. The molecule has 0 spiro atoms. The highest BCUT2D eigenvalue weighted by Crippen LogP contribution is 2.38. The highest BCUT2D eigenvalue weighted by molar-refractivity contribution is 5.74. The van der Waals surface area contributed by atoms with Crippen LogP contribution < -0.4 is 0 Å². The molecular weight excluding hydrogens is 250 g/mol. The van der Waals surface area contributed by atoms with E-state index < -0.39 is 11.4 Å². The summed E-state index contributed by atoms with van der Waals surface area (Å²) in [5.41, 5.74) is -0.593. The van der Waals surface area contributed by atoms with Crippen molar-refractivity contribution in [3.63, 3.8) is 0 Å². The molecule has 4 unspecified atom stereocenters. The third kappa shape index (κ3) is 3.19. The van der Waals surface area contributed by atoms with Gasteiger partial charge in [-0.05, 0) is 70.3 Å². The van der Waals surface area contributed by atoms with Gasteiger partial charge in [0.25, 0.3) is 0 Å². The molecule has 1 N–H and O–H groups in total. The molecule has 116 valence electrons. The molecule has 2 rings (SSSR count). The number of carboxylic acids is 1. The second-order valence-electron chi connectivity index (χ2n) is 7.82. The zero-order valence-corrected chi connectivity index (χ0v) is 13.6. The molecule has 1 heterocycles. The van der Waals surface area contributed by atoms with Crippen LogP contribution in [0.2, 0.25) is 0 Å². The fourth-order valence-electron chi connectivity index (χ4n) is 4.26. The van der Waals surface area contributed by atoms with E-state index in [4.69, 9.17) is 0 Å². The minimum Gasteiger partial charge on any atom is -0.481 e. The number of hydrogen-bond acceptors (Lipinski definition) is 2. The maximum atomic E-state index is 11.5. The number of nitrogens with zero attached hydrogens (tertiary/aromatic N) is 1. The summed E-state index contributed by atoms with van der Waals surface area (Å²) in [6, 6.07) is 0.679. The summed E-state index contributed by atoms with van der Waals surface area (Å²) in [5.74, 6) is 1.26. The van der Waals surface area contributed by atoms with Crippen LogP contribution in [0.5, 0.6) is 0 Å². The normalized spacial score (nSPS) is 36.8. The Morgan fingerprint density at radius 1 is 1.20 bits per heavy atom. The summed E-state index contributed by atoms with van der Waals surface area (Å²) in [6.07, 6.45) is 6.17. The first-order valence-electron chi connectivity index (χ1n) is 8.29. The second-order valence-corrected chi connectivity index (χ2v) is 7.82. The van der Waals surface area contributed by atoms with Gasteiger partial charge >= 0.3 is 5.97 Å². The summed E-state index contributed by atoms with van der Waals surface area (Å²) in [5, 5.41) is 9.46. The van der Waals surface area contributed by atoms with Gasteiger partial charge in [0.05, 0.1) is 5.41 Å². The lowest BCUT2D eigenvalue weighted by atomic mass is 9.73. The first-order chi connectivity index (χ1) is 9.32. The van der Waals surface area contributed by atoms with E-state index in [1.54, 1.807) is 0 Å². The smallest absolute Gasteiger partial charge is 0.309 e. The van der Waals surface area contributed by atoms with E-state index in [1.807, 2.05) is 13.8 Å². The molecule has 3 heteroatoms. The largest absolute Gasteiger partial charge is 0.481 e. The Morgan fingerprint density at radius 3 is 2.50 bits per heavy atom. The molecule has 0 aromatic heterocycles. The molecule has 2 fully saturated rings. The van der Waals surface area contributed by atoms with Crippen molar-refractivity contribution in [2.24, 2.45) is 23.2 Å². The second kappa shape index (κ2) is 6.05. The van der Waals surface area contributed by atoms with Crippen LogP contribution in [-0.4, -0.2) is 35.1 Å². The van der Waals surface area contributed by atoms with Gasteiger partial charge in [0.2, 0.25) is 0 Å². The van der Waals surface area contributed by atoms with Gasteiger partial charge in [0.1, 0.15) is 0 Å². The molecule has 20 heavy (non-hydrogen) atoms. The van der Waals surface area contributed by atoms with Gasteiger partial charge in [-0.2, -0.15) is 0 Å².